The third-order valence-corrected chi connectivity index (χ3v) is 3.34. The Bertz CT molecular complexity index is 335. The minimum Gasteiger partial charge on any atom is -0.481 e. The Balaban J connectivity index is 4.77. The van der Waals surface area contributed by atoms with Crippen molar-refractivity contribution in [1.82, 2.24) is 0 Å². The van der Waals surface area contributed by atoms with Gasteiger partial charge in [-0.1, -0.05) is 26.7 Å². The average Bonchev–Trinajstić information content (AvgIpc) is 2.22. The summed E-state index contributed by atoms with van der Waals surface area (Å²) in [5, 5.41) is 19.4. The summed E-state index contributed by atoms with van der Waals surface area (Å²) in [5.74, 6) is -1.08. The fourth-order valence-corrected chi connectivity index (χ4v) is 2.52. The molecule has 0 aliphatic carbocycles. The molecule has 0 fully saturated rings. The first-order chi connectivity index (χ1) is 9.00. The Morgan fingerprint density at radius 2 is 1.75 bits per heavy atom. The number of hydrogen-bond donors (Lipinski definition) is 2. The van der Waals surface area contributed by atoms with Crippen LogP contribution in [0.25, 0.3) is 0 Å². The van der Waals surface area contributed by atoms with Gasteiger partial charge in [0.25, 0.3) is 0 Å². The second-order valence-electron chi connectivity index (χ2n) is 6.91. The molecule has 20 heavy (non-hydrogen) atoms. The standard InChI is InChI=1S/C15H29NO4/c1-6-7-12(2)8-9-13(17)15(20,10-14(18)19)11-16(3,4)5/h12,20H,6-11H2,1-5H3/p+1. The number of Topliss-reactive ketones (excluding diaryl/α,β-unsaturated/α-hetero) is 1. The highest BCUT2D eigenvalue weighted by Crippen LogP contribution is 2.21. The molecule has 2 N–H and O–H groups in total. The number of rotatable bonds is 10. The monoisotopic (exact) mass is 288 g/mol. The molecule has 2 atom stereocenters. The van der Waals surface area contributed by atoms with Gasteiger partial charge in [-0.05, 0) is 12.3 Å². The molecule has 0 aromatic carbocycles. The van der Waals surface area contributed by atoms with Crippen molar-refractivity contribution in [2.75, 3.05) is 27.7 Å². The number of aliphatic carboxylic acids is 1. The van der Waals surface area contributed by atoms with Crippen LogP contribution in [0.2, 0.25) is 0 Å². The molecular weight excluding hydrogens is 258 g/mol. The van der Waals surface area contributed by atoms with E-state index in [9.17, 15) is 14.7 Å². The van der Waals surface area contributed by atoms with Crippen molar-refractivity contribution < 1.29 is 24.3 Å². The second kappa shape index (κ2) is 7.74. The number of nitrogens with zero attached hydrogens (tertiary/aromatic N) is 1. The lowest BCUT2D eigenvalue weighted by Gasteiger charge is -2.33. The molecule has 0 aliphatic rings. The molecule has 0 heterocycles. The maximum atomic E-state index is 12.3. The second-order valence-corrected chi connectivity index (χ2v) is 6.91. The van der Waals surface area contributed by atoms with Gasteiger partial charge in [0.15, 0.2) is 11.4 Å². The lowest BCUT2D eigenvalue weighted by atomic mass is 9.88. The number of likely N-dealkylation sites (N-methyl/N-ethyl adjacent to an activating group) is 1. The Labute approximate surface area is 122 Å². The first kappa shape index (κ1) is 19.1. The van der Waals surface area contributed by atoms with Crippen LogP contribution in [0.15, 0.2) is 0 Å². The zero-order chi connectivity index (χ0) is 16.0. The number of hydrogen-bond acceptors (Lipinski definition) is 3. The van der Waals surface area contributed by atoms with E-state index < -0.39 is 18.0 Å². The highest BCUT2D eigenvalue weighted by atomic mass is 16.4. The molecule has 118 valence electrons. The first-order valence-corrected chi connectivity index (χ1v) is 7.28. The first-order valence-electron chi connectivity index (χ1n) is 7.28. The van der Waals surface area contributed by atoms with Crippen LogP contribution in [0.4, 0.5) is 0 Å². The van der Waals surface area contributed by atoms with Gasteiger partial charge in [0.1, 0.15) is 6.54 Å². The summed E-state index contributed by atoms with van der Waals surface area (Å²) in [5.41, 5.74) is -1.77. The Kier molecular flexibility index (Phi) is 7.38. The maximum absolute atomic E-state index is 12.3. The van der Waals surface area contributed by atoms with Crippen LogP contribution in [0.3, 0.4) is 0 Å². The maximum Gasteiger partial charge on any atom is 0.306 e. The van der Waals surface area contributed by atoms with Crippen molar-refractivity contribution in [1.29, 1.82) is 0 Å². The summed E-state index contributed by atoms with van der Waals surface area (Å²) < 4.78 is 0.347. The summed E-state index contributed by atoms with van der Waals surface area (Å²) in [6.45, 7) is 4.28. The molecule has 0 aromatic rings. The summed E-state index contributed by atoms with van der Waals surface area (Å²) in [7, 11) is 5.50. The molecule has 0 spiro atoms. The SMILES string of the molecule is CCCC(C)CCC(=O)C(O)(CC(=O)O)C[N+](C)(C)C. The molecule has 5 heteroatoms. The van der Waals surface area contributed by atoms with Crippen LogP contribution in [0, 0.1) is 5.92 Å². The zero-order valence-corrected chi connectivity index (χ0v) is 13.5. The predicted octanol–water partition coefficient (Wildman–Crippen LogP) is 1.68. The number of carboxylic acid groups (broad SMARTS) is 1. The zero-order valence-electron chi connectivity index (χ0n) is 13.5. The van der Waals surface area contributed by atoms with E-state index in [-0.39, 0.29) is 18.7 Å². The van der Waals surface area contributed by atoms with E-state index in [4.69, 9.17) is 5.11 Å². The van der Waals surface area contributed by atoms with E-state index in [0.29, 0.717) is 16.8 Å². The highest BCUT2D eigenvalue weighted by Gasteiger charge is 2.42. The topological polar surface area (TPSA) is 74.6 Å². The Morgan fingerprint density at radius 1 is 1.20 bits per heavy atom. The van der Waals surface area contributed by atoms with Crippen LogP contribution in [-0.2, 0) is 9.59 Å². The van der Waals surface area contributed by atoms with Crippen molar-refractivity contribution in [2.45, 2.75) is 51.6 Å². The van der Waals surface area contributed by atoms with Crippen LogP contribution in [0.1, 0.15) is 46.0 Å². The van der Waals surface area contributed by atoms with Gasteiger partial charge in [0.05, 0.1) is 27.6 Å². The smallest absolute Gasteiger partial charge is 0.306 e. The van der Waals surface area contributed by atoms with Crippen molar-refractivity contribution in [3.63, 3.8) is 0 Å². The van der Waals surface area contributed by atoms with E-state index in [1.165, 1.54) is 0 Å². The van der Waals surface area contributed by atoms with Gasteiger partial charge in [-0.2, -0.15) is 0 Å². The molecule has 0 aromatic heterocycles. The molecule has 0 radical (unpaired) electrons. The molecule has 0 rings (SSSR count). The van der Waals surface area contributed by atoms with Crippen molar-refractivity contribution in [3.8, 4) is 0 Å². The minimum absolute atomic E-state index is 0.111. The number of ketones is 1. The number of carboxylic acids is 1. The van der Waals surface area contributed by atoms with Crippen LogP contribution >= 0.6 is 0 Å². The van der Waals surface area contributed by atoms with Crippen LogP contribution in [-0.4, -0.2) is 59.7 Å². The van der Waals surface area contributed by atoms with Gasteiger partial charge in [0.2, 0.25) is 0 Å². The van der Waals surface area contributed by atoms with Gasteiger partial charge in [-0.15, -0.1) is 0 Å². The van der Waals surface area contributed by atoms with E-state index in [2.05, 4.69) is 13.8 Å². The molecule has 0 bridgehead atoms. The van der Waals surface area contributed by atoms with E-state index in [0.717, 1.165) is 12.8 Å². The van der Waals surface area contributed by atoms with Crippen molar-refractivity contribution in [3.05, 3.63) is 0 Å². The highest BCUT2D eigenvalue weighted by molar-refractivity contribution is 5.91. The number of aliphatic hydroxyl groups is 1. The summed E-state index contributed by atoms with van der Waals surface area (Å²) in [4.78, 5) is 23.2. The molecule has 0 amide bonds. The molecule has 2 unspecified atom stereocenters. The van der Waals surface area contributed by atoms with Gasteiger partial charge >= 0.3 is 5.97 Å². The Morgan fingerprint density at radius 3 is 2.15 bits per heavy atom. The minimum atomic E-state index is -1.77. The number of carbonyl (C=O) groups is 2. The summed E-state index contributed by atoms with van der Waals surface area (Å²) in [6.07, 6.45) is 2.52. The molecule has 0 saturated heterocycles. The van der Waals surface area contributed by atoms with E-state index in [1.54, 1.807) is 0 Å². The normalized spacial score (nSPS) is 16.5. The van der Waals surface area contributed by atoms with Crippen molar-refractivity contribution >= 4 is 11.8 Å². The number of carbonyl (C=O) groups excluding carboxylic acids is 1. The largest absolute Gasteiger partial charge is 0.481 e. The van der Waals surface area contributed by atoms with Gasteiger partial charge in [-0.25, -0.2) is 0 Å². The Hall–Kier alpha value is -0.940. The third-order valence-electron chi connectivity index (χ3n) is 3.34. The van der Waals surface area contributed by atoms with E-state index >= 15 is 0 Å². The molecule has 5 nitrogen and oxygen atoms in total. The van der Waals surface area contributed by atoms with Gasteiger partial charge in [-0.3, -0.25) is 9.59 Å². The van der Waals surface area contributed by atoms with Crippen LogP contribution < -0.4 is 0 Å². The predicted molar refractivity (Wildman–Crippen MR) is 78.4 cm³/mol. The third kappa shape index (κ3) is 7.60. The molecule has 0 saturated carbocycles. The molecule has 0 aliphatic heterocycles. The molecular formula is C15H30NO4+. The van der Waals surface area contributed by atoms with E-state index in [1.807, 2.05) is 21.1 Å². The average molecular weight is 288 g/mol. The fourth-order valence-electron chi connectivity index (χ4n) is 2.52. The van der Waals surface area contributed by atoms with Crippen molar-refractivity contribution in [2.24, 2.45) is 5.92 Å². The lowest BCUT2D eigenvalue weighted by molar-refractivity contribution is -0.875. The quantitative estimate of drug-likeness (QED) is 0.600. The lowest BCUT2D eigenvalue weighted by Crippen LogP contribution is -2.54. The summed E-state index contributed by atoms with van der Waals surface area (Å²) in [6, 6.07) is 0. The number of quaternary nitrogens is 1. The summed E-state index contributed by atoms with van der Waals surface area (Å²) >= 11 is 0. The van der Waals surface area contributed by atoms with Gasteiger partial charge in [0, 0.05) is 6.42 Å². The van der Waals surface area contributed by atoms with Gasteiger partial charge < -0.3 is 14.7 Å². The fraction of sp³-hybridized carbons (Fsp3) is 0.867. The van der Waals surface area contributed by atoms with Crippen LogP contribution in [0.5, 0.6) is 0 Å².